The number of imide groups is 1. The van der Waals surface area contributed by atoms with Crippen LogP contribution in [0.25, 0.3) is 0 Å². The summed E-state index contributed by atoms with van der Waals surface area (Å²) in [5, 5.41) is 3.21. The summed E-state index contributed by atoms with van der Waals surface area (Å²) in [7, 11) is 0. The number of hydrogen-bond donors (Lipinski definition) is 0. The molecule has 2 rings (SSSR count). The van der Waals surface area contributed by atoms with E-state index in [0.717, 1.165) is 5.56 Å². The van der Waals surface area contributed by atoms with E-state index in [9.17, 15) is 9.59 Å². The number of hydrogen-bond acceptors (Lipinski definition) is 3. The molecule has 1 aliphatic heterocycles. The van der Waals surface area contributed by atoms with Crippen molar-refractivity contribution < 1.29 is 9.59 Å². The lowest BCUT2D eigenvalue weighted by Gasteiger charge is -2.31. The van der Waals surface area contributed by atoms with Crippen LogP contribution >= 0.6 is 0 Å². The van der Waals surface area contributed by atoms with E-state index in [1.165, 1.54) is 11.1 Å². The zero-order chi connectivity index (χ0) is 15.4. The Morgan fingerprint density at radius 2 is 2.00 bits per heavy atom. The van der Waals surface area contributed by atoms with Crippen molar-refractivity contribution in [1.29, 1.82) is 0 Å². The zero-order valence-corrected chi connectivity index (χ0v) is 12.8. The first-order chi connectivity index (χ1) is 10.0. The fourth-order valence-electron chi connectivity index (χ4n) is 2.66. The van der Waals surface area contributed by atoms with Gasteiger partial charge in [-0.05, 0) is 18.4 Å². The van der Waals surface area contributed by atoms with Crippen LogP contribution in [-0.4, -0.2) is 27.9 Å². The number of allylic oxidation sites excluding steroid dienone is 1. The minimum atomic E-state index is -0.262. The Morgan fingerprint density at radius 1 is 1.33 bits per heavy atom. The number of rotatable bonds is 4. The van der Waals surface area contributed by atoms with E-state index in [4.69, 9.17) is 0 Å². The quantitative estimate of drug-likeness (QED) is 0.799. The van der Waals surface area contributed by atoms with Crippen molar-refractivity contribution in [3.63, 3.8) is 0 Å². The molecule has 21 heavy (non-hydrogen) atoms. The van der Waals surface area contributed by atoms with Gasteiger partial charge in [-0.1, -0.05) is 50.3 Å². The Balaban J connectivity index is 2.29. The van der Waals surface area contributed by atoms with Crippen molar-refractivity contribution in [2.45, 2.75) is 39.8 Å². The van der Waals surface area contributed by atoms with Crippen LogP contribution in [-0.2, 0) is 16.1 Å². The van der Waals surface area contributed by atoms with Gasteiger partial charge in [0.1, 0.15) is 0 Å². The molecule has 0 spiro atoms. The molecule has 1 heterocycles. The lowest BCUT2D eigenvalue weighted by molar-refractivity contribution is -0.155. The van der Waals surface area contributed by atoms with Crippen molar-refractivity contribution in [2.24, 2.45) is 5.92 Å². The highest BCUT2D eigenvalue weighted by Crippen LogP contribution is 2.28. The Morgan fingerprint density at radius 3 is 2.57 bits per heavy atom. The van der Waals surface area contributed by atoms with E-state index in [1.807, 2.05) is 35.3 Å². The largest absolute Gasteiger partial charge is 0.273 e. The van der Waals surface area contributed by atoms with Crippen LogP contribution in [0.3, 0.4) is 0 Å². The van der Waals surface area contributed by atoms with Crippen LogP contribution in [0.1, 0.15) is 32.8 Å². The van der Waals surface area contributed by atoms with Crippen LogP contribution in [0, 0.1) is 5.92 Å². The number of hydrazine groups is 1. The molecule has 1 saturated heterocycles. The second-order valence-corrected chi connectivity index (χ2v) is 5.64. The van der Waals surface area contributed by atoms with E-state index in [1.54, 1.807) is 13.0 Å². The summed E-state index contributed by atoms with van der Waals surface area (Å²) >= 11 is 0. The fourth-order valence-corrected chi connectivity index (χ4v) is 2.66. The summed E-state index contributed by atoms with van der Waals surface area (Å²) in [6.45, 7) is 6.51. The third-order valence-electron chi connectivity index (χ3n) is 3.73. The normalized spacial score (nSPS) is 19.9. The van der Waals surface area contributed by atoms with Gasteiger partial charge in [-0.3, -0.25) is 9.59 Å². The number of carbonyl (C=O) groups excluding carboxylic acids is 2. The van der Waals surface area contributed by atoms with E-state index in [0.29, 0.717) is 18.9 Å². The molecule has 0 radical (unpaired) electrons. The molecule has 2 amide bonds. The van der Waals surface area contributed by atoms with Gasteiger partial charge >= 0.3 is 0 Å². The number of carbonyl (C=O) groups is 2. The molecule has 0 N–H and O–H groups in total. The van der Waals surface area contributed by atoms with Crippen molar-refractivity contribution in [2.75, 3.05) is 0 Å². The van der Waals surface area contributed by atoms with E-state index >= 15 is 0 Å². The highest BCUT2D eigenvalue weighted by atomic mass is 16.2. The third kappa shape index (κ3) is 3.39. The van der Waals surface area contributed by atoms with Gasteiger partial charge in [-0.25, -0.2) is 10.0 Å². The molecule has 1 aromatic rings. The molecule has 0 aromatic heterocycles. The average molecular weight is 286 g/mol. The Kier molecular flexibility index (Phi) is 4.91. The van der Waals surface area contributed by atoms with Crippen LogP contribution in [0.4, 0.5) is 0 Å². The predicted octanol–water partition coefficient (Wildman–Crippen LogP) is 2.76. The van der Waals surface area contributed by atoms with E-state index < -0.39 is 0 Å². The van der Waals surface area contributed by atoms with E-state index in [2.05, 4.69) is 13.8 Å². The summed E-state index contributed by atoms with van der Waals surface area (Å²) in [6, 6.07) is 9.98. The molecule has 0 unspecified atom stereocenters. The summed E-state index contributed by atoms with van der Waals surface area (Å²) in [5.41, 5.74) is 1.09. The lowest BCUT2D eigenvalue weighted by Crippen LogP contribution is -2.46. The summed E-state index contributed by atoms with van der Waals surface area (Å²) in [5.74, 6) is -0.0737. The van der Waals surface area contributed by atoms with E-state index in [-0.39, 0.29) is 17.9 Å². The molecule has 0 saturated carbocycles. The fraction of sp³-hybridized carbons (Fsp3) is 0.412. The molecule has 1 aliphatic rings. The highest BCUT2D eigenvalue weighted by molar-refractivity contribution is 6.01. The van der Waals surface area contributed by atoms with Gasteiger partial charge in [0.15, 0.2) is 0 Å². The second kappa shape index (κ2) is 6.68. The summed E-state index contributed by atoms with van der Waals surface area (Å²) in [4.78, 5) is 24.4. The molecule has 4 nitrogen and oxygen atoms in total. The maximum absolute atomic E-state index is 12.2. The molecular formula is C17H22N2O2. The second-order valence-electron chi connectivity index (χ2n) is 5.64. The monoisotopic (exact) mass is 286 g/mol. The predicted molar refractivity (Wildman–Crippen MR) is 81.9 cm³/mol. The van der Waals surface area contributed by atoms with Gasteiger partial charge < -0.3 is 0 Å². The first-order valence-corrected chi connectivity index (χ1v) is 7.34. The molecule has 1 fully saturated rings. The van der Waals surface area contributed by atoms with Crippen LogP contribution in [0.5, 0.6) is 0 Å². The highest BCUT2D eigenvalue weighted by Gasteiger charge is 2.41. The first kappa shape index (κ1) is 15.4. The number of nitrogens with zero attached hydrogens (tertiary/aromatic N) is 2. The molecule has 4 heteroatoms. The average Bonchev–Trinajstić information content (AvgIpc) is 2.77. The van der Waals surface area contributed by atoms with Gasteiger partial charge in [0, 0.05) is 25.1 Å². The van der Waals surface area contributed by atoms with Crippen molar-refractivity contribution in [3.05, 3.63) is 48.0 Å². The van der Waals surface area contributed by atoms with Gasteiger partial charge in [0.05, 0.1) is 0 Å². The van der Waals surface area contributed by atoms with Crippen LogP contribution in [0.2, 0.25) is 0 Å². The molecule has 1 aromatic carbocycles. The summed E-state index contributed by atoms with van der Waals surface area (Å²) in [6.07, 6.45) is 3.51. The van der Waals surface area contributed by atoms with Crippen molar-refractivity contribution in [1.82, 2.24) is 10.0 Å². The zero-order valence-electron chi connectivity index (χ0n) is 12.8. The number of amides is 2. The molecule has 0 bridgehead atoms. The van der Waals surface area contributed by atoms with Crippen molar-refractivity contribution in [3.8, 4) is 0 Å². The van der Waals surface area contributed by atoms with Gasteiger partial charge in [-0.2, -0.15) is 0 Å². The number of benzene rings is 1. The van der Waals surface area contributed by atoms with Gasteiger partial charge in [0.2, 0.25) is 5.91 Å². The SMILES string of the molecule is C/C=C\C(=O)N1C(=O)C[C@@H](C(C)C)N1Cc1ccccc1. The maximum atomic E-state index is 12.2. The third-order valence-corrected chi connectivity index (χ3v) is 3.73. The Labute approximate surface area is 126 Å². The van der Waals surface area contributed by atoms with Gasteiger partial charge in [0.25, 0.3) is 5.91 Å². The minimum Gasteiger partial charge on any atom is -0.273 e. The maximum Gasteiger partial charge on any atom is 0.267 e. The smallest absolute Gasteiger partial charge is 0.267 e. The standard InChI is InChI=1S/C17H22N2O2/c1-4-8-16(20)19-17(21)11-15(13(2)3)18(19)12-14-9-6-5-7-10-14/h4-10,13,15H,11-12H2,1-3H3/b8-4-/t15-/m0/s1. The molecule has 112 valence electrons. The minimum absolute atomic E-state index is 0.0620. The Hall–Kier alpha value is -1.94. The first-order valence-electron chi connectivity index (χ1n) is 7.34. The van der Waals surface area contributed by atoms with Gasteiger partial charge in [-0.15, -0.1) is 0 Å². The topological polar surface area (TPSA) is 40.6 Å². The molecular weight excluding hydrogens is 264 g/mol. The molecule has 1 atom stereocenters. The Bertz CT molecular complexity index is 537. The van der Waals surface area contributed by atoms with Crippen LogP contribution in [0.15, 0.2) is 42.5 Å². The molecule has 0 aliphatic carbocycles. The summed E-state index contributed by atoms with van der Waals surface area (Å²) < 4.78 is 0. The lowest BCUT2D eigenvalue weighted by atomic mass is 10.0. The van der Waals surface area contributed by atoms with Crippen LogP contribution < -0.4 is 0 Å². The van der Waals surface area contributed by atoms with Crippen molar-refractivity contribution >= 4 is 11.8 Å².